The molecule has 2 rings (SSSR count). The van der Waals surface area contributed by atoms with Gasteiger partial charge >= 0.3 is 0 Å². The molecular weight excluding hydrogens is 198 g/mol. The Morgan fingerprint density at radius 1 is 1.19 bits per heavy atom. The lowest BCUT2D eigenvalue weighted by molar-refractivity contribution is 0.582. The third-order valence-electron chi connectivity index (χ3n) is 2.69. The molecule has 0 N–H and O–H groups in total. The van der Waals surface area contributed by atoms with Crippen molar-refractivity contribution in [2.75, 3.05) is 0 Å². The molecule has 0 fully saturated rings. The second kappa shape index (κ2) is 3.74. The molecule has 1 heterocycles. The molecule has 3 nitrogen and oxygen atoms in total. The van der Waals surface area contributed by atoms with Gasteiger partial charge in [-0.3, -0.25) is 0 Å². The number of rotatable bonds is 1. The van der Waals surface area contributed by atoms with E-state index in [-0.39, 0.29) is 5.41 Å². The molecule has 0 atom stereocenters. The van der Waals surface area contributed by atoms with Gasteiger partial charge in [0.05, 0.1) is 5.69 Å². The van der Waals surface area contributed by atoms with E-state index < -0.39 is 0 Å². The Labute approximate surface area is 96.1 Å². The van der Waals surface area contributed by atoms with E-state index in [1.54, 1.807) is 12.7 Å². The van der Waals surface area contributed by atoms with Gasteiger partial charge in [-0.05, 0) is 23.5 Å². The summed E-state index contributed by atoms with van der Waals surface area (Å²) in [6, 6.07) is 6.35. The van der Waals surface area contributed by atoms with Gasteiger partial charge in [-0.1, -0.05) is 39.0 Å². The number of aryl methyl sites for hydroxylation is 1. The third-order valence-corrected chi connectivity index (χ3v) is 2.69. The first-order valence-corrected chi connectivity index (χ1v) is 5.45. The molecule has 2 aromatic rings. The van der Waals surface area contributed by atoms with Crippen molar-refractivity contribution in [3.05, 3.63) is 42.0 Å². The molecule has 84 valence electrons. The minimum Gasteiger partial charge on any atom is -0.223 e. The highest BCUT2D eigenvalue weighted by Gasteiger charge is 2.20. The van der Waals surface area contributed by atoms with Crippen LogP contribution in [0.25, 0.3) is 5.69 Å². The van der Waals surface area contributed by atoms with E-state index in [0.29, 0.717) is 0 Å². The topological polar surface area (TPSA) is 30.7 Å². The smallest absolute Gasteiger partial charge is 0.138 e. The van der Waals surface area contributed by atoms with Crippen molar-refractivity contribution in [1.82, 2.24) is 14.8 Å². The Hall–Kier alpha value is -1.64. The Balaban J connectivity index is 2.68. The molecule has 0 bridgehead atoms. The van der Waals surface area contributed by atoms with E-state index >= 15 is 0 Å². The van der Waals surface area contributed by atoms with Crippen LogP contribution < -0.4 is 0 Å². The zero-order chi connectivity index (χ0) is 11.8. The van der Waals surface area contributed by atoms with Gasteiger partial charge in [0.2, 0.25) is 0 Å². The van der Waals surface area contributed by atoms with Crippen LogP contribution in [0.2, 0.25) is 0 Å². The van der Waals surface area contributed by atoms with Gasteiger partial charge in [0, 0.05) is 0 Å². The van der Waals surface area contributed by atoms with Crippen LogP contribution in [0.15, 0.2) is 30.9 Å². The van der Waals surface area contributed by atoms with Crippen LogP contribution in [0, 0.1) is 6.92 Å². The molecule has 0 aliphatic heterocycles. The third kappa shape index (κ3) is 1.85. The lowest BCUT2D eigenvalue weighted by Crippen LogP contribution is -2.16. The number of hydrogen-bond acceptors (Lipinski definition) is 2. The lowest BCUT2D eigenvalue weighted by atomic mass is 9.84. The average molecular weight is 215 g/mol. The average Bonchev–Trinajstić information content (AvgIpc) is 2.68. The molecule has 0 saturated heterocycles. The highest BCUT2D eigenvalue weighted by Crippen LogP contribution is 2.29. The molecule has 1 aromatic heterocycles. The number of benzene rings is 1. The van der Waals surface area contributed by atoms with Gasteiger partial charge in [-0.15, -0.1) is 0 Å². The van der Waals surface area contributed by atoms with Crippen LogP contribution in [-0.4, -0.2) is 14.8 Å². The summed E-state index contributed by atoms with van der Waals surface area (Å²) in [6.45, 7) is 8.73. The van der Waals surface area contributed by atoms with Crippen molar-refractivity contribution >= 4 is 0 Å². The largest absolute Gasteiger partial charge is 0.223 e. The van der Waals surface area contributed by atoms with Gasteiger partial charge in [0.15, 0.2) is 0 Å². The summed E-state index contributed by atoms with van der Waals surface area (Å²) in [6.07, 6.45) is 3.32. The number of aromatic nitrogens is 3. The highest BCUT2D eigenvalue weighted by atomic mass is 15.3. The normalized spacial score (nSPS) is 11.8. The van der Waals surface area contributed by atoms with E-state index in [9.17, 15) is 0 Å². The van der Waals surface area contributed by atoms with Crippen LogP contribution in [0.1, 0.15) is 31.9 Å². The molecule has 0 aliphatic rings. The molecule has 0 saturated carbocycles. The Bertz CT molecular complexity index is 478. The maximum Gasteiger partial charge on any atom is 0.138 e. The lowest BCUT2D eigenvalue weighted by Gasteiger charge is -2.23. The minimum atomic E-state index is 0.104. The first-order valence-electron chi connectivity index (χ1n) is 5.45. The summed E-state index contributed by atoms with van der Waals surface area (Å²) >= 11 is 0. The zero-order valence-corrected chi connectivity index (χ0v) is 10.2. The molecule has 0 aliphatic carbocycles. The number of para-hydroxylation sites is 1. The summed E-state index contributed by atoms with van der Waals surface area (Å²) in [5.41, 5.74) is 3.76. The molecule has 0 spiro atoms. The molecule has 3 heteroatoms. The van der Waals surface area contributed by atoms with E-state index in [4.69, 9.17) is 0 Å². The van der Waals surface area contributed by atoms with Crippen LogP contribution in [-0.2, 0) is 5.41 Å². The standard InChI is InChI=1S/C13H17N3/c1-10-6-5-7-11(13(2,3)4)12(10)16-9-14-8-15-16/h5-9H,1-4H3. The van der Waals surface area contributed by atoms with Crippen LogP contribution in [0.4, 0.5) is 0 Å². The first-order chi connectivity index (χ1) is 7.50. The van der Waals surface area contributed by atoms with Crippen LogP contribution in [0.5, 0.6) is 0 Å². The molecule has 1 aromatic carbocycles. The van der Waals surface area contributed by atoms with Gasteiger partial charge in [0.1, 0.15) is 12.7 Å². The van der Waals surface area contributed by atoms with Crippen LogP contribution in [0.3, 0.4) is 0 Å². The zero-order valence-electron chi connectivity index (χ0n) is 10.2. The van der Waals surface area contributed by atoms with E-state index in [1.807, 2.05) is 4.68 Å². The minimum absolute atomic E-state index is 0.104. The van der Waals surface area contributed by atoms with Crippen molar-refractivity contribution < 1.29 is 0 Å². The fourth-order valence-corrected chi connectivity index (χ4v) is 1.89. The predicted molar refractivity (Wildman–Crippen MR) is 64.8 cm³/mol. The molecule has 16 heavy (non-hydrogen) atoms. The van der Waals surface area contributed by atoms with Gasteiger partial charge in [-0.25, -0.2) is 9.67 Å². The van der Waals surface area contributed by atoms with E-state index in [1.165, 1.54) is 11.1 Å². The highest BCUT2D eigenvalue weighted by molar-refractivity contribution is 5.49. The summed E-state index contributed by atoms with van der Waals surface area (Å²) in [5, 5.41) is 4.23. The van der Waals surface area contributed by atoms with Crippen molar-refractivity contribution in [2.45, 2.75) is 33.1 Å². The SMILES string of the molecule is Cc1cccc(C(C)(C)C)c1-n1cncn1. The first kappa shape index (κ1) is 10.9. The van der Waals surface area contributed by atoms with Crippen molar-refractivity contribution in [3.63, 3.8) is 0 Å². The predicted octanol–water partition coefficient (Wildman–Crippen LogP) is 2.87. The number of hydrogen-bond donors (Lipinski definition) is 0. The number of nitrogens with zero attached hydrogens (tertiary/aromatic N) is 3. The fourth-order valence-electron chi connectivity index (χ4n) is 1.89. The summed E-state index contributed by atoms with van der Waals surface area (Å²) in [7, 11) is 0. The second-order valence-corrected chi connectivity index (χ2v) is 5.06. The van der Waals surface area contributed by atoms with Gasteiger partial charge < -0.3 is 0 Å². The van der Waals surface area contributed by atoms with E-state index in [2.05, 4.69) is 56.0 Å². The van der Waals surface area contributed by atoms with E-state index in [0.717, 1.165) is 5.69 Å². The van der Waals surface area contributed by atoms with Crippen molar-refractivity contribution in [2.24, 2.45) is 0 Å². The molecule has 0 radical (unpaired) electrons. The Morgan fingerprint density at radius 2 is 1.94 bits per heavy atom. The monoisotopic (exact) mass is 215 g/mol. The quantitative estimate of drug-likeness (QED) is 0.732. The fraction of sp³-hybridized carbons (Fsp3) is 0.385. The molecule has 0 amide bonds. The molecular formula is C13H17N3. The maximum absolute atomic E-state index is 4.23. The van der Waals surface area contributed by atoms with Gasteiger partial charge in [0.25, 0.3) is 0 Å². The maximum atomic E-state index is 4.23. The Kier molecular flexibility index (Phi) is 2.54. The Morgan fingerprint density at radius 3 is 2.50 bits per heavy atom. The summed E-state index contributed by atoms with van der Waals surface area (Å²) < 4.78 is 1.84. The van der Waals surface area contributed by atoms with Crippen molar-refractivity contribution in [3.8, 4) is 5.69 Å². The summed E-state index contributed by atoms with van der Waals surface area (Å²) in [5.74, 6) is 0. The van der Waals surface area contributed by atoms with Gasteiger partial charge in [-0.2, -0.15) is 5.10 Å². The van der Waals surface area contributed by atoms with Crippen LogP contribution >= 0.6 is 0 Å². The summed E-state index contributed by atoms with van der Waals surface area (Å²) in [4.78, 5) is 4.01. The second-order valence-electron chi connectivity index (χ2n) is 5.06. The van der Waals surface area contributed by atoms with Crippen molar-refractivity contribution in [1.29, 1.82) is 0 Å². The molecule has 0 unspecified atom stereocenters.